The number of imide groups is 1. The highest BCUT2D eigenvalue weighted by Gasteiger charge is 2.32. The maximum Gasteiger partial charge on any atom is 0.261 e. The number of rotatable bonds is 6. The molecule has 5 heteroatoms. The Balaban J connectivity index is 1.44. The van der Waals surface area contributed by atoms with E-state index in [0.717, 1.165) is 28.4 Å². The average Bonchev–Trinajstić information content (AvgIpc) is 2.74. The number of hydrogen-bond acceptors (Lipinski definition) is 3. The molecule has 3 aromatic rings. The van der Waals surface area contributed by atoms with E-state index in [1.807, 2.05) is 55.5 Å². The summed E-state index contributed by atoms with van der Waals surface area (Å²) in [5, 5.41) is 4.53. The van der Waals surface area contributed by atoms with Gasteiger partial charge in [0.2, 0.25) is 5.91 Å². The molecule has 3 aromatic carbocycles. The molecule has 3 amide bonds. The number of nitrogens with zero attached hydrogens (tertiary/aromatic N) is 1. The molecule has 5 nitrogen and oxygen atoms in total. The van der Waals surface area contributed by atoms with E-state index in [0.29, 0.717) is 17.5 Å². The quantitative estimate of drug-likeness (QED) is 0.638. The fourth-order valence-electron chi connectivity index (χ4n) is 3.84. The number of carbonyl (C=O) groups excluding carboxylic acids is 3. The van der Waals surface area contributed by atoms with Crippen molar-refractivity contribution in [2.75, 3.05) is 11.9 Å². The normalized spacial score (nSPS) is 13.1. The van der Waals surface area contributed by atoms with E-state index in [2.05, 4.69) is 5.32 Å². The molecule has 0 spiro atoms. The predicted molar refractivity (Wildman–Crippen MR) is 113 cm³/mol. The van der Waals surface area contributed by atoms with Gasteiger partial charge in [0.15, 0.2) is 0 Å². The fraction of sp³-hybridized carbons (Fsp3) is 0.208. The zero-order chi connectivity index (χ0) is 20.4. The molecule has 1 aliphatic rings. The minimum absolute atomic E-state index is 0.120. The third-order valence-corrected chi connectivity index (χ3v) is 5.31. The minimum atomic E-state index is -0.295. The van der Waals surface area contributed by atoms with Crippen LogP contribution in [-0.2, 0) is 11.2 Å². The van der Waals surface area contributed by atoms with Crippen LogP contribution in [0, 0.1) is 0 Å². The molecule has 0 saturated carbocycles. The second-order valence-electron chi connectivity index (χ2n) is 7.13. The monoisotopic (exact) mass is 386 g/mol. The van der Waals surface area contributed by atoms with Crippen molar-refractivity contribution in [3.05, 3.63) is 77.4 Å². The second kappa shape index (κ2) is 7.87. The van der Waals surface area contributed by atoms with Gasteiger partial charge in [-0.1, -0.05) is 49.4 Å². The van der Waals surface area contributed by atoms with Gasteiger partial charge >= 0.3 is 0 Å². The van der Waals surface area contributed by atoms with E-state index in [-0.39, 0.29) is 30.7 Å². The Hall–Kier alpha value is -3.47. The molecule has 0 bridgehead atoms. The Morgan fingerprint density at radius 2 is 1.55 bits per heavy atom. The smallest absolute Gasteiger partial charge is 0.261 e. The Kier molecular flexibility index (Phi) is 5.12. The van der Waals surface area contributed by atoms with Gasteiger partial charge in [-0.15, -0.1) is 0 Å². The van der Waals surface area contributed by atoms with E-state index < -0.39 is 0 Å². The molecule has 1 N–H and O–H groups in total. The molecule has 0 atom stereocenters. The summed E-state index contributed by atoms with van der Waals surface area (Å²) in [4.78, 5) is 39.3. The number of amides is 3. The van der Waals surface area contributed by atoms with Crippen molar-refractivity contribution in [1.82, 2.24) is 4.90 Å². The highest BCUT2D eigenvalue weighted by atomic mass is 16.2. The van der Waals surface area contributed by atoms with Crippen molar-refractivity contribution in [2.45, 2.75) is 26.2 Å². The van der Waals surface area contributed by atoms with Crippen LogP contribution in [0.25, 0.3) is 10.8 Å². The maximum atomic E-state index is 12.9. The first-order valence-corrected chi connectivity index (χ1v) is 9.86. The van der Waals surface area contributed by atoms with Gasteiger partial charge in [0.25, 0.3) is 11.8 Å². The third-order valence-electron chi connectivity index (χ3n) is 5.31. The molecule has 0 radical (unpaired) electrons. The highest BCUT2D eigenvalue weighted by molar-refractivity contribution is 6.25. The molecule has 4 rings (SSSR count). The number of nitrogens with one attached hydrogen (secondary N) is 1. The zero-order valence-electron chi connectivity index (χ0n) is 16.3. The van der Waals surface area contributed by atoms with Gasteiger partial charge in [0, 0.05) is 35.2 Å². The number of para-hydroxylation sites is 1. The number of aryl methyl sites for hydroxylation is 1. The molecule has 0 aromatic heterocycles. The van der Waals surface area contributed by atoms with Crippen molar-refractivity contribution in [3.8, 4) is 0 Å². The van der Waals surface area contributed by atoms with Gasteiger partial charge in [0.1, 0.15) is 0 Å². The minimum Gasteiger partial charge on any atom is -0.326 e. The summed E-state index contributed by atoms with van der Waals surface area (Å²) in [5.74, 6) is -0.711. The second-order valence-corrected chi connectivity index (χ2v) is 7.13. The molecule has 0 aliphatic carbocycles. The molecular formula is C24H22N2O3. The Labute approximate surface area is 169 Å². The van der Waals surface area contributed by atoms with Gasteiger partial charge in [-0.3, -0.25) is 19.3 Å². The van der Waals surface area contributed by atoms with Crippen LogP contribution in [-0.4, -0.2) is 29.2 Å². The molecule has 0 fully saturated rings. The SMILES string of the molecule is CCc1ccccc1NC(=O)CCCN1C(=O)c2cccc3cccc(c23)C1=O. The summed E-state index contributed by atoms with van der Waals surface area (Å²) in [6, 6.07) is 18.7. The van der Waals surface area contributed by atoms with Crippen molar-refractivity contribution in [2.24, 2.45) is 0 Å². The molecule has 1 heterocycles. The Bertz CT molecular complexity index is 1070. The lowest BCUT2D eigenvalue weighted by molar-refractivity contribution is -0.116. The first kappa shape index (κ1) is 18.9. The lowest BCUT2D eigenvalue weighted by atomic mass is 9.94. The van der Waals surface area contributed by atoms with Crippen LogP contribution in [0.4, 0.5) is 5.69 Å². The van der Waals surface area contributed by atoms with Crippen LogP contribution in [0.2, 0.25) is 0 Å². The van der Waals surface area contributed by atoms with Gasteiger partial charge in [-0.05, 0) is 42.0 Å². The zero-order valence-corrected chi connectivity index (χ0v) is 16.3. The molecular weight excluding hydrogens is 364 g/mol. The van der Waals surface area contributed by atoms with Crippen LogP contribution < -0.4 is 5.32 Å². The van der Waals surface area contributed by atoms with E-state index in [1.54, 1.807) is 12.1 Å². The molecule has 146 valence electrons. The summed E-state index contributed by atoms with van der Waals surface area (Å²) >= 11 is 0. The lowest BCUT2D eigenvalue weighted by Crippen LogP contribution is -2.41. The van der Waals surface area contributed by atoms with E-state index in [9.17, 15) is 14.4 Å². The largest absolute Gasteiger partial charge is 0.326 e. The highest BCUT2D eigenvalue weighted by Crippen LogP contribution is 2.30. The lowest BCUT2D eigenvalue weighted by Gasteiger charge is -2.27. The number of anilines is 1. The molecule has 0 unspecified atom stereocenters. The molecule has 1 aliphatic heterocycles. The first-order chi connectivity index (χ1) is 14.1. The van der Waals surface area contributed by atoms with E-state index in [1.165, 1.54) is 4.90 Å². The van der Waals surface area contributed by atoms with Gasteiger partial charge in [0.05, 0.1) is 0 Å². The van der Waals surface area contributed by atoms with Crippen LogP contribution in [0.15, 0.2) is 60.7 Å². The molecule has 29 heavy (non-hydrogen) atoms. The average molecular weight is 386 g/mol. The summed E-state index contributed by atoms with van der Waals surface area (Å²) in [7, 11) is 0. The van der Waals surface area contributed by atoms with Crippen LogP contribution in [0.3, 0.4) is 0 Å². The Morgan fingerprint density at radius 3 is 2.21 bits per heavy atom. The first-order valence-electron chi connectivity index (χ1n) is 9.86. The maximum absolute atomic E-state index is 12.9. The molecule has 0 saturated heterocycles. The van der Waals surface area contributed by atoms with Gasteiger partial charge in [-0.25, -0.2) is 0 Å². The topological polar surface area (TPSA) is 66.5 Å². The third kappa shape index (κ3) is 3.51. The number of benzene rings is 3. The van der Waals surface area contributed by atoms with Crippen LogP contribution in [0.5, 0.6) is 0 Å². The summed E-state index contributed by atoms with van der Waals surface area (Å²) in [6.07, 6.45) is 1.48. The predicted octanol–water partition coefficient (Wildman–Crippen LogP) is 4.42. The summed E-state index contributed by atoms with van der Waals surface area (Å²) in [6.45, 7) is 2.25. The number of hydrogen-bond donors (Lipinski definition) is 1. The van der Waals surface area contributed by atoms with Crippen molar-refractivity contribution >= 4 is 34.2 Å². The van der Waals surface area contributed by atoms with E-state index >= 15 is 0 Å². The van der Waals surface area contributed by atoms with Crippen molar-refractivity contribution in [1.29, 1.82) is 0 Å². The van der Waals surface area contributed by atoms with Gasteiger partial charge in [-0.2, -0.15) is 0 Å². The van der Waals surface area contributed by atoms with Crippen LogP contribution in [0.1, 0.15) is 46.0 Å². The van der Waals surface area contributed by atoms with Crippen molar-refractivity contribution in [3.63, 3.8) is 0 Å². The van der Waals surface area contributed by atoms with Crippen molar-refractivity contribution < 1.29 is 14.4 Å². The van der Waals surface area contributed by atoms with Crippen LogP contribution >= 0.6 is 0 Å². The van der Waals surface area contributed by atoms with Gasteiger partial charge < -0.3 is 5.32 Å². The van der Waals surface area contributed by atoms with E-state index in [4.69, 9.17) is 0 Å². The standard InChI is InChI=1S/C24H22N2O3/c1-2-16-8-3-4-13-20(16)25-21(27)14-7-15-26-23(28)18-11-5-9-17-10-6-12-19(22(17)18)24(26)29/h3-6,8-13H,2,7,14-15H2,1H3,(H,25,27). The number of carbonyl (C=O) groups is 3. The summed E-state index contributed by atoms with van der Waals surface area (Å²) < 4.78 is 0. The fourth-order valence-corrected chi connectivity index (χ4v) is 3.84. The summed E-state index contributed by atoms with van der Waals surface area (Å²) in [5.41, 5.74) is 2.97. The Morgan fingerprint density at radius 1 is 0.897 bits per heavy atom.